The van der Waals surface area contributed by atoms with Gasteiger partial charge in [0.2, 0.25) is 0 Å². The van der Waals surface area contributed by atoms with Crippen molar-refractivity contribution in [3.8, 4) is 0 Å². The van der Waals surface area contributed by atoms with Gasteiger partial charge in [-0.1, -0.05) is 6.07 Å². The molecule has 1 heterocycles. The second-order valence-electron chi connectivity index (χ2n) is 5.10. The van der Waals surface area contributed by atoms with Gasteiger partial charge >= 0.3 is 0 Å². The van der Waals surface area contributed by atoms with Gasteiger partial charge in [-0.3, -0.25) is 0 Å². The predicted molar refractivity (Wildman–Crippen MR) is 67.8 cm³/mol. The van der Waals surface area contributed by atoms with Gasteiger partial charge in [-0.25, -0.2) is 4.39 Å². The summed E-state index contributed by atoms with van der Waals surface area (Å²) in [4.78, 5) is 2.33. The molecule has 0 saturated heterocycles. The summed E-state index contributed by atoms with van der Waals surface area (Å²) in [5.74, 6) is 0.829. The Balaban J connectivity index is 1.83. The lowest BCUT2D eigenvalue weighted by Crippen LogP contribution is -2.29. The quantitative estimate of drug-likeness (QED) is 0.791. The Bertz CT molecular complexity index is 414. The van der Waals surface area contributed by atoms with E-state index < -0.39 is 0 Å². The van der Waals surface area contributed by atoms with Gasteiger partial charge in [0.25, 0.3) is 0 Å². The van der Waals surface area contributed by atoms with Crippen molar-refractivity contribution >= 4 is 18.3 Å². The maximum Gasteiger partial charge on any atom is 0.125 e. The minimum atomic E-state index is -0.124. The van der Waals surface area contributed by atoms with Gasteiger partial charge in [-0.05, 0) is 48.1 Å². The second-order valence-corrected chi connectivity index (χ2v) is 5.42. The van der Waals surface area contributed by atoms with Gasteiger partial charge in [-0.15, -0.1) is 0 Å². The Morgan fingerprint density at radius 1 is 1.38 bits per heavy atom. The Hall–Kier alpha value is -0.700. The predicted octanol–water partition coefficient (Wildman–Crippen LogP) is 2.90. The summed E-state index contributed by atoms with van der Waals surface area (Å²) < 4.78 is 13.2. The number of benzene rings is 1. The molecule has 3 heteroatoms. The summed E-state index contributed by atoms with van der Waals surface area (Å²) in [6, 6.07) is 5.16. The van der Waals surface area contributed by atoms with Crippen molar-refractivity contribution in [3.05, 3.63) is 29.6 Å². The maximum atomic E-state index is 13.2. The van der Waals surface area contributed by atoms with Crippen LogP contribution in [0.4, 0.5) is 10.1 Å². The standard InChI is InChI=1S/C13H16FNS/c14-11-2-1-10-3-6-15(12(10)7-11)8-13(9-16)4-5-13/h1-2,7,16H,3-6,8-9H2. The second kappa shape index (κ2) is 3.66. The van der Waals surface area contributed by atoms with Crippen LogP contribution in [-0.2, 0) is 6.42 Å². The van der Waals surface area contributed by atoms with Crippen LogP contribution in [0.3, 0.4) is 0 Å². The number of rotatable bonds is 3. The Morgan fingerprint density at radius 3 is 2.88 bits per heavy atom. The number of hydrogen-bond acceptors (Lipinski definition) is 2. The Kier molecular flexibility index (Phi) is 2.39. The molecule has 0 atom stereocenters. The third kappa shape index (κ3) is 1.71. The number of fused-ring (bicyclic) bond motifs is 1. The molecule has 1 aliphatic heterocycles. The molecule has 3 rings (SSSR count). The summed E-state index contributed by atoms with van der Waals surface area (Å²) >= 11 is 4.43. The zero-order chi connectivity index (χ0) is 11.2. The number of anilines is 1. The molecule has 1 aromatic rings. The fourth-order valence-corrected chi connectivity index (χ4v) is 2.95. The lowest BCUT2D eigenvalue weighted by Gasteiger charge is -2.24. The third-order valence-electron chi connectivity index (χ3n) is 3.86. The van der Waals surface area contributed by atoms with Gasteiger partial charge in [0.1, 0.15) is 5.82 Å². The summed E-state index contributed by atoms with van der Waals surface area (Å²) in [6.07, 6.45) is 3.60. The van der Waals surface area contributed by atoms with Gasteiger partial charge in [0.05, 0.1) is 0 Å². The number of halogens is 1. The molecule has 0 radical (unpaired) electrons. The van der Waals surface area contributed by atoms with Crippen molar-refractivity contribution in [1.82, 2.24) is 0 Å². The highest BCUT2D eigenvalue weighted by molar-refractivity contribution is 7.80. The Labute approximate surface area is 101 Å². The van der Waals surface area contributed by atoms with E-state index in [0.29, 0.717) is 5.41 Å². The molecule has 86 valence electrons. The topological polar surface area (TPSA) is 3.24 Å². The van der Waals surface area contributed by atoms with E-state index in [1.807, 2.05) is 6.07 Å². The van der Waals surface area contributed by atoms with Crippen LogP contribution in [0.2, 0.25) is 0 Å². The lowest BCUT2D eigenvalue weighted by molar-refractivity contribution is 0.567. The van der Waals surface area contributed by atoms with E-state index in [2.05, 4.69) is 17.5 Å². The van der Waals surface area contributed by atoms with Crippen LogP contribution in [0, 0.1) is 11.2 Å². The molecule has 0 bridgehead atoms. The van der Waals surface area contributed by atoms with Gasteiger partial charge < -0.3 is 4.90 Å². The first-order valence-corrected chi connectivity index (χ1v) is 6.50. The van der Waals surface area contributed by atoms with E-state index in [-0.39, 0.29) is 5.82 Å². The molecule has 2 aliphatic rings. The van der Waals surface area contributed by atoms with E-state index in [0.717, 1.165) is 31.0 Å². The zero-order valence-corrected chi connectivity index (χ0v) is 10.1. The highest BCUT2D eigenvalue weighted by atomic mass is 32.1. The van der Waals surface area contributed by atoms with Crippen molar-refractivity contribution in [1.29, 1.82) is 0 Å². The Morgan fingerprint density at radius 2 is 2.19 bits per heavy atom. The fraction of sp³-hybridized carbons (Fsp3) is 0.538. The minimum absolute atomic E-state index is 0.124. The van der Waals surface area contributed by atoms with E-state index in [4.69, 9.17) is 0 Å². The van der Waals surface area contributed by atoms with Crippen molar-refractivity contribution in [2.24, 2.45) is 5.41 Å². The SMILES string of the molecule is Fc1ccc2c(c1)N(CC1(CS)CC1)CC2. The molecule has 0 aromatic heterocycles. The highest BCUT2D eigenvalue weighted by Gasteiger charge is 2.43. The summed E-state index contributed by atoms with van der Waals surface area (Å²) in [5, 5.41) is 0. The normalized spacial score (nSPS) is 21.0. The number of thiol groups is 1. The first-order chi connectivity index (χ1) is 7.72. The molecule has 1 aliphatic carbocycles. The van der Waals surface area contributed by atoms with Crippen LogP contribution in [0.25, 0.3) is 0 Å². The molecule has 1 aromatic carbocycles. The molecule has 0 amide bonds. The van der Waals surface area contributed by atoms with Crippen LogP contribution >= 0.6 is 12.6 Å². The molecule has 1 fully saturated rings. The molecule has 0 unspecified atom stereocenters. The summed E-state index contributed by atoms with van der Waals surface area (Å²) in [6.45, 7) is 2.08. The maximum absolute atomic E-state index is 13.2. The molecule has 1 nitrogen and oxygen atoms in total. The van der Waals surface area contributed by atoms with Crippen molar-refractivity contribution in [2.45, 2.75) is 19.3 Å². The van der Waals surface area contributed by atoms with Crippen molar-refractivity contribution in [3.63, 3.8) is 0 Å². The van der Waals surface area contributed by atoms with E-state index >= 15 is 0 Å². The van der Waals surface area contributed by atoms with Crippen LogP contribution in [0.5, 0.6) is 0 Å². The van der Waals surface area contributed by atoms with E-state index in [1.54, 1.807) is 12.1 Å². The molecule has 1 saturated carbocycles. The van der Waals surface area contributed by atoms with Crippen molar-refractivity contribution < 1.29 is 4.39 Å². The fourth-order valence-electron chi connectivity index (χ4n) is 2.53. The monoisotopic (exact) mass is 237 g/mol. The minimum Gasteiger partial charge on any atom is -0.370 e. The average Bonchev–Trinajstić information content (AvgIpc) is 2.96. The smallest absolute Gasteiger partial charge is 0.125 e. The molecular weight excluding hydrogens is 221 g/mol. The number of hydrogen-bond donors (Lipinski definition) is 1. The van der Waals surface area contributed by atoms with Crippen LogP contribution in [-0.4, -0.2) is 18.8 Å². The van der Waals surface area contributed by atoms with Crippen LogP contribution in [0.15, 0.2) is 18.2 Å². The summed E-state index contributed by atoms with van der Waals surface area (Å²) in [7, 11) is 0. The van der Waals surface area contributed by atoms with Crippen molar-refractivity contribution in [2.75, 3.05) is 23.7 Å². The molecule has 16 heavy (non-hydrogen) atoms. The van der Waals surface area contributed by atoms with Gasteiger partial charge in [-0.2, -0.15) is 12.6 Å². The largest absolute Gasteiger partial charge is 0.370 e. The highest BCUT2D eigenvalue weighted by Crippen LogP contribution is 2.48. The number of nitrogens with zero attached hydrogens (tertiary/aromatic N) is 1. The zero-order valence-electron chi connectivity index (χ0n) is 9.25. The molecule has 0 spiro atoms. The lowest BCUT2D eigenvalue weighted by atomic mass is 10.1. The third-order valence-corrected chi connectivity index (χ3v) is 4.53. The average molecular weight is 237 g/mol. The van der Waals surface area contributed by atoms with E-state index in [9.17, 15) is 4.39 Å². The first-order valence-electron chi connectivity index (χ1n) is 5.87. The van der Waals surface area contributed by atoms with Gasteiger partial charge in [0.15, 0.2) is 0 Å². The van der Waals surface area contributed by atoms with E-state index in [1.165, 1.54) is 18.4 Å². The summed E-state index contributed by atoms with van der Waals surface area (Å²) in [5.41, 5.74) is 2.81. The van der Waals surface area contributed by atoms with Gasteiger partial charge in [0, 0.05) is 18.8 Å². The van der Waals surface area contributed by atoms with Crippen LogP contribution in [0.1, 0.15) is 18.4 Å². The molecule has 0 N–H and O–H groups in total. The first kappa shape index (κ1) is 10.5. The van der Waals surface area contributed by atoms with Crippen LogP contribution < -0.4 is 4.90 Å². The molecular formula is C13H16FNS.